The van der Waals surface area contributed by atoms with Crippen LogP contribution in [0.3, 0.4) is 0 Å². The summed E-state index contributed by atoms with van der Waals surface area (Å²) in [6.07, 6.45) is 0. The van der Waals surface area contributed by atoms with Gasteiger partial charge in [0.15, 0.2) is 5.69 Å². The van der Waals surface area contributed by atoms with Crippen molar-refractivity contribution < 1.29 is 9.59 Å². The predicted molar refractivity (Wildman–Crippen MR) is 82.7 cm³/mol. The van der Waals surface area contributed by atoms with Gasteiger partial charge in [0.1, 0.15) is 0 Å². The maximum absolute atomic E-state index is 12.5. The number of nitrogens with one attached hydrogen (secondary N) is 1. The third-order valence-electron chi connectivity index (χ3n) is 3.70. The Morgan fingerprint density at radius 3 is 2.45 bits per heavy atom. The van der Waals surface area contributed by atoms with Crippen molar-refractivity contribution in [3.05, 3.63) is 42.1 Å². The lowest BCUT2D eigenvalue weighted by molar-refractivity contribution is 0.0729. The molecule has 6 nitrogen and oxygen atoms in total. The molecule has 0 radical (unpaired) electrons. The monoisotopic (exact) mass is 298 g/mol. The minimum atomic E-state index is -0.210. The molecule has 1 N–H and O–H groups in total. The van der Waals surface area contributed by atoms with Crippen molar-refractivity contribution in [2.75, 3.05) is 26.2 Å². The highest BCUT2D eigenvalue weighted by atomic mass is 16.2. The average Bonchev–Trinajstić information content (AvgIpc) is 3.01. The van der Waals surface area contributed by atoms with Crippen LogP contribution in [0.1, 0.15) is 22.2 Å². The van der Waals surface area contributed by atoms with E-state index in [1.54, 1.807) is 11.0 Å². The van der Waals surface area contributed by atoms with Crippen molar-refractivity contribution in [2.24, 2.45) is 0 Å². The molecule has 2 heterocycles. The highest BCUT2D eigenvalue weighted by molar-refractivity contribution is 5.95. The van der Waals surface area contributed by atoms with Crippen LogP contribution in [0.2, 0.25) is 0 Å². The molecule has 0 spiro atoms. The van der Waals surface area contributed by atoms with E-state index in [1.807, 2.05) is 30.3 Å². The van der Waals surface area contributed by atoms with Gasteiger partial charge in [0.2, 0.25) is 5.91 Å². The number of piperazine rings is 1. The molecule has 0 bridgehead atoms. The standard InChI is InChI=1S/C16H18N4O2/c1-12(21)20-15(13-5-3-2-4-6-13)11-14(18-20)16(22)19-9-7-17-8-10-19/h2-6,11,17H,7-10H2,1H3. The summed E-state index contributed by atoms with van der Waals surface area (Å²) in [5.41, 5.74) is 1.83. The summed E-state index contributed by atoms with van der Waals surface area (Å²) in [6.45, 7) is 4.33. The first-order chi connectivity index (χ1) is 10.7. The minimum absolute atomic E-state index is 0.126. The summed E-state index contributed by atoms with van der Waals surface area (Å²) in [5.74, 6) is -0.336. The topological polar surface area (TPSA) is 67.2 Å². The second kappa shape index (κ2) is 6.11. The maximum Gasteiger partial charge on any atom is 0.274 e. The molecule has 114 valence electrons. The highest BCUT2D eigenvalue weighted by Crippen LogP contribution is 2.21. The Morgan fingerprint density at radius 1 is 1.14 bits per heavy atom. The van der Waals surface area contributed by atoms with Crippen molar-refractivity contribution in [1.29, 1.82) is 0 Å². The van der Waals surface area contributed by atoms with Gasteiger partial charge in [-0.2, -0.15) is 9.78 Å². The molecule has 1 aromatic heterocycles. The molecule has 1 aliphatic rings. The molecular weight excluding hydrogens is 280 g/mol. The molecule has 1 aromatic carbocycles. The van der Waals surface area contributed by atoms with E-state index in [9.17, 15) is 9.59 Å². The van der Waals surface area contributed by atoms with Gasteiger partial charge in [0.05, 0.1) is 5.69 Å². The van der Waals surface area contributed by atoms with Gasteiger partial charge >= 0.3 is 0 Å². The van der Waals surface area contributed by atoms with Gasteiger partial charge in [-0.1, -0.05) is 30.3 Å². The van der Waals surface area contributed by atoms with Crippen molar-refractivity contribution in [3.8, 4) is 11.3 Å². The van der Waals surface area contributed by atoms with Crippen LogP contribution in [0, 0.1) is 0 Å². The average molecular weight is 298 g/mol. The summed E-state index contributed by atoms with van der Waals surface area (Å²) in [5, 5.41) is 7.42. The number of hydrogen-bond acceptors (Lipinski definition) is 4. The van der Waals surface area contributed by atoms with Crippen LogP contribution >= 0.6 is 0 Å². The molecule has 3 rings (SSSR count). The van der Waals surface area contributed by atoms with E-state index < -0.39 is 0 Å². The fourth-order valence-corrected chi connectivity index (χ4v) is 2.57. The Kier molecular flexibility index (Phi) is 4.02. The number of rotatable bonds is 2. The van der Waals surface area contributed by atoms with E-state index in [0.717, 1.165) is 18.7 Å². The Morgan fingerprint density at radius 2 is 1.82 bits per heavy atom. The molecule has 2 aromatic rings. The molecule has 1 aliphatic heterocycles. The van der Waals surface area contributed by atoms with Crippen LogP contribution in [0.15, 0.2) is 36.4 Å². The van der Waals surface area contributed by atoms with E-state index in [4.69, 9.17) is 0 Å². The molecule has 6 heteroatoms. The van der Waals surface area contributed by atoms with Crippen LogP contribution in [-0.2, 0) is 0 Å². The number of nitrogens with zero attached hydrogens (tertiary/aromatic N) is 3. The zero-order valence-electron chi connectivity index (χ0n) is 12.5. The molecule has 1 amide bonds. The zero-order chi connectivity index (χ0) is 15.5. The molecule has 0 atom stereocenters. The fraction of sp³-hybridized carbons (Fsp3) is 0.312. The predicted octanol–water partition coefficient (Wildman–Crippen LogP) is 1.26. The molecule has 0 saturated carbocycles. The van der Waals surface area contributed by atoms with E-state index in [1.165, 1.54) is 11.6 Å². The first-order valence-corrected chi connectivity index (χ1v) is 7.33. The zero-order valence-corrected chi connectivity index (χ0v) is 12.5. The smallest absolute Gasteiger partial charge is 0.274 e. The Hall–Kier alpha value is -2.47. The number of benzene rings is 1. The summed E-state index contributed by atoms with van der Waals surface area (Å²) < 4.78 is 1.30. The number of aromatic nitrogens is 2. The van der Waals surface area contributed by atoms with Gasteiger partial charge in [-0.15, -0.1) is 0 Å². The highest BCUT2D eigenvalue weighted by Gasteiger charge is 2.23. The Bertz CT molecular complexity index is 687. The van der Waals surface area contributed by atoms with Gasteiger partial charge in [-0.25, -0.2) is 0 Å². The van der Waals surface area contributed by atoms with E-state index in [-0.39, 0.29) is 11.8 Å². The Balaban J connectivity index is 1.96. The van der Waals surface area contributed by atoms with Crippen LogP contribution < -0.4 is 5.32 Å². The first-order valence-electron chi connectivity index (χ1n) is 7.33. The van der Waals surface area contributed by atoms with Gasteiger partial charge in [-0.3, -0.25) is 9.59 Å². The van der Waals surface area contributed by atoms with Gasteiger partial charge in [-0.05, 0) is 6.07 Å². The Labute approximate surface area is 128 Å². The molecule has 1 saturated heterocycles. The third-order valence-corrected chi connectivity index (χ3v) is 3.70. The molecule has 22 heavy (non-hydrogen) atoms. The molecular formula is C16H18N4O2. The lowest BCUT2D eigenvalue weighted by Crippen LogP contribution is -2.46. The van der Waals surface area contributed by atoms with Crippen molar-refractivity contribution in [2.45, 2.75) is 6.92 Å². The number of carbonyl (C=O) groups is 2. The van der Waals surface area contributed by atoms with E-state index in [2.05, 4.69) is 10.4 Å². The number of hydrogen-bond donors (Lipinski definition) is 1. The largest absolute Gasteiger partial charge is 0.335 e. The van der Waals surface area contributed by atoms with E-state index >= 15 is 0 Å². The molecule has 1 fully saturated rings. The van der Waals surface area contributed by atoms with Gasteiger partial charge in [0, 0.05) is 38.7 Å². The second-order valence-corrected chi connectivity index (χ2v) is 5.25. The lowest BCUT2D eigenvalue weighted by atomic mass is 10.1. The summed E-state index contributed by atoms with van der Waals surface area (Å²) in [6, 6.07) is 11.2. The first kappa shape index (κ1) is 14.5. The van der Waals surface area contributed by atoms with Gasteiger partial charge in [0.25, 0.3) is 5.91 Å². The fourth-order valence-electron chi connectivity index (χ4n) is 2.57. The van der Waals surface area contributed by atoms with E-state index in [0.29, 0.717) is 24.5 Å². The van der Waals surface area contributed by atoms with Crippen LogP contribution in [0.4, 0.5) is 0 Å². The van der Waals surface area contributed by atoms with Crippen molar-refractivity contribution in [3.63, 3.8) is 0 Å². The maximum atomic E-state index is 12.5. The van der Waals surface area contributed by atoms with Crippen molar-refractivity contribution >= 4 is 11.8 Å². The minimum Gasteiger partial charge on any atom is -0.335 e. The summed E-state index contributed by atoms with van der Waals surface area (Å²) >= 11 is 0. The second-order valence-electron chi connectivity index (χ2n) is 5.25. The normalized spacial score (nSPS) is 14.9. The van der Waals surface area contributed by atoms with Crippen LogP contribution in [0.5, 0.6) is 0 Å². The summed E-state index contributed by atoms with van der Waals surface area (Å²) in [4.78, 5) is 26.1. The third kappa shape index (κ3) is 2.78. The van der Waals surface area contributed by atoms with Crippen LogP contribution in [-0.4, -0.2) is 52.7 Å². The number of amides is 1. The lowest BCUT2D eigenvalue weighted by Gasteiger charge is -2.26. The van der Waals surface area contributed by atoms with Crippen molar-refractivity contribution in [1.82, 2.24) is 20.0 Å². The summed E-state index contributed by atoms with van der Waals surface area (Å²) in [7, 11) is 0. The molecule has 0 unspecified atom stereocenters. The molecule has 0 aliphatic carbocycles. The van der Waals surface area contributed by atoms with Gasteiger partial charge < -0.3 is 10.2 Å². The number of carbonyl (C=O) groups excluding carboxylic acids is 2. The SMILES string of the molecule is CC(=O)n1nc(C(=O)N2CCNCC2)cc1-c1ccccc1. The van der Waals surface area contributed by atoms with Crippen LogP contribution in [0.25, 0.3) is 11.3 Å². The quantitative estimate of drug-likeness (QED) is 0.906.